The van der Waals surface area contributed by atoms with Crippen LogP contribution < -0.4 is 0 Å². The minimum absolute atomic E-state index is 0.0650. The summed E-state index contributed by atoms with van der Waals surface area (Å²) in [6.45, 7) is 4.31. The first-order chi connectivity index (χ1) is 17.9. The molecule has 4 aromatic rings. The van der Waals surface area contributed by atoms with E-state index in [4.69, 9.17) is 51.1 Å². The van der Waals surface area contributed by atoms with Crippen molar-refractivity contribution >= 4 is 46.4 Å². The molecule has 5 nitrogen and oxygen atoms in total. The molecule has 9 heteroatoms. The SMILES string of the molecule is CCCC(C(OC(c1ccc(Cl)cc1Cl)C(CCC)n1ccnc1)c1ccc(Cl)cc1Cl)n1ccnc1. The van der Waals surface area contributed by atoms with Crippen LogP contribution >= 0.6 is 46.4 Å². The van der Waals surface area contributed by atoms with Gasteiger partial charge in [-0.15, -0.1) is 0 Å². The normalized spacial score (nSPS) is 14.9. The number of hydrogen-bond acceptors (Lipinski definition) is 3. The van der Waals surface area contributed by atoms with Crippen LogP contribution in [0.15, 0.2) is 73.8 Å². The van der Waals surface area contributed by atoms with E-state index >= 15 is 0 Å². The van der Waals surface area contributed by atoms with Crippen LogP contribution in [-0.2, 0) is 4.74 Å². The van der Waals surface area contributed by atoms with Gasteiger partial charge in [-0.3, -0.25) is 0 Å². The van der Waals surface area contributed by atoms with Crippen LogP contribution in [0.3, 0.4) is 0 Å². The minimum Gasteiger partial charge on any atom is -0.361 e. The highest BCUT2D eigenvalue weighted by Crippen LogP contribution is 2.46. The van der Waals surface area contributed by atoms with Crippen molar-refractivity contribution in [1.29, 1.82) is 0 Å². The summed E-state index contributed by atoms with van der Waals surface area (Å²) >= 11 is 26.2. The molecule has 2 aromatic carbocycles. The quantitative estimate of drug-likeness (QED) is 0.168. The van der Waals surface area contributed by atoms with Crippen molar-refractivity contribution in [3.8, 4) is 0 Å². The summed E-state index contributed by atoms with van der Waals surface area (Å²) in [7, 11) is 0. The highest BCUT2D eigenvalue weighted by Gasteiger charge is 2.35. The van der Waals surface area contributed by atoms with Gasteiger partial charge in [0.25, 0.3) is 0 Å². The summed E-state index contributed by atoms with van der Waals surface area (Å²) in [6.07, 6.45) is 13.9. The Kier molecular flexibility index (Phi) is 9.96. The maximum absolute atomic E-state index is 7.19. The molecule has 0 saturated heterocycles. The number of imidazole rings is 2. The van der Waals surface area contributed by atoms with E-state index in [1.165, 1.54) is 0 Å². The molecule has 0 saturated carbocycles. The van der Waals surface area contributed by atoms with E-state index < -0.39 is 12.2 Å². The zero-order chi connectivity index (χ0) is 26.4. The molecule has 2 aromatic heterocycles. The van der Waals surface area contributed by atoms with Crippen molar-refractivity contribution in [3.05, 3.63) is 105 Å². The molecule has 0 fully saturated rings. The maximum Gasteiger partial charge on any atom is 0.106 e. The Bertz CT molecular complexity index is 1170. The maximum atomic E-state index is 7.19. The lowest BCUT2D eigenvalue weighted by atomic mass is 9.94. The van der Waals surface area contributed by atoms with Gasteiger partial charge >= 0.3 is 0 Å². The second-order valence-corrected chi connectivity index (χ2v) is 10.7. The molecule has 0 amide bonds. The van der Waals surface area contributed by atoms with Gasteiger partial charge in [0.2, 0.25) is 0 Å². The summed E-state index contributed by atoms with van der Waals surface area (Å²) in [5.41, 5.74) is 1.71. The summed E-state index contributed by atoms with van der Waals surface area (Å²) in [5, 5.41) is 2.24. The Balaban J connectivity index is 1.88. The number of ether oxygens (including phenoxy) is 1. The molecular formula is C28H30Cl4N4O. The molecule has 0 spiro atoms. The average molecular weight is 580 g/mol. The molecule has 2 heterocycles. The number of rotatable bonds is 12. The third-order valence-corrected chi connectivity index (χ3v) is 7.64. The van der Waals surface area contributed by atoms with Gasteiger partial charge in [-0.05, 0) is 37.1 Å². The Morgan fingerprint density at radius 2 is 1.14 bits per heavy atom. The zero-order valence-electron chi connectivity index (χ0n) is 20.8. The van der Waals surface area contributed by atoms with Gasteiger partial charge in [-0.1, -0.05) is 85.2 Å². The lowest BCUT2D eigenvalue weighted by Gasteiger charge is -2.37. The Morgan fingerprint density at radius 3 is 1.46 bits per heavy atom. The third-order valence-electron chi connectivity index (χ3n) is 6.51. The zero-order valence-corrected chi connectivity index (χ0v) is 23.8. The van der Waals surface area contributed by atoms with Crippen molar-refractivity contribution in [3.63, 3.8) is 0 Å². The Labute approximate surface area is 238 Å². The summed E-state index contributed by atoms with van der Waals surface area (Å²) in [4.78, 5) is 8.62. The molecule has 0 aliphatic carbocycles. The molecule has 0 bridgehead atoms. The number of benzene rings is 2. The number of nitrogens with zero attached hydrogens (tertiary/aromatic N) is 4. The van der Waals surface area contributed by atoms with Gasteiger partial charge < -0.3 is 13.9 Å². The highest BCUT2D eigenvalue weighted by atomic mass is 35.5. The summed E-state index contributed by atoms with van der Waals surface area (Å²) in [6, 6.07) is 11.0. The van der Waals surface area contributed by atoms with E-state index in [9.17, 15) is 0 Å². The van der Waals surface area contributed by atoms with Gasteiger partial charge in [0.1, 0.15) is 12.2 Å². The number of aromatic nitrogens is 4. The molecule has 4 rings (SSSR count). The van der Waals surface area contributed by atoms with Crippen LogP contribution in [-0.4, -0.2) is 19.1 Å². The fraction of sp³-hybridized carbons (Fsp3) is 0.357. The van der Waals surface area contributed by atoms with E-state index in [1.54, 1.807) is 24.5 Å². The Hall–Kier alpha value is -2.02. The fourth-order valence-corrected chi connectivity index (χ4v) is 5.83. The van der Waals surface area contributed by atoms with E-state index in [0.717, 1.165) is 36.8 Å². The van der Waals surface area contributed by atoms with Crippen molar-refractivity contribution in [2.24, 2.45) is 0 Å². The average Bonchev–Trinajstić information content (AvgIpc) is 3.59. The van der Waals surface area contributed by atoms with Crippen LogP contribution in [0.25, 0.3) is 0 Å². The largest absolute Gasteiger partial charge is 0.361 e. The van der Waals surface area contributed by atoms with Gasteiger partial charge in [-0.25, -0.2) is 9.97 Å². The predicted octanol–water partition coefficient (Wildman–Crippen LogP) is 9.57. The molecule has 0 N–H and O–H groups in total. The lowest BCUT2D eigenvalue weighted by molar-refractivity contribution is -0.0705. The van der Waals surface area contributed by atoms with Crippen molar-refractivity contribution in [1.82, 2.24) is 19.1 Å². The molecule has 196 valence electrons. The fourth-order valence-electron chi connectivity index (χ4n) is 4.80. The molecule has 37 heavy (non-hydrogen) atoms. The smallest absolute Gasteiger partial charge is 0.106 e. The first-order valence-electron chi connectivity index (χ1n) is 12.4. The van der Waals surface area contributed by atoms with Gasteiger partial charge in [-0.2, -0.15) is 0 Å². The van der Waals surface area contributed by atoms with E-state index in [-0.39, 0.29) is 12.1 Å². The number of hydrogen-bond donors (Lipinski definition) is 0. The predicted molar refractivity (Wildman–Crippen MR) is 152 cm³/mol. The van der Waals surface area contributed by atoms with Crippen LogP contribution in [0.4, 0.5) is 0 Å². The molecule has 0 aliphatic rings. The molecule has 0 radical (unpaired) electrons. The monoisotopic (exact) mass is 578 g/mol. The van der Waals surface area contributed by atoms with Crippen LogP contribution in [0.5, 0.6) is 0 Å². The lowest BCUT2D eigenvalue weighted by Crippen LogP contribution is -2.27. The second-order valence-electron chi connectivity index (χ2n) is 9.04. The molecule has 4 unspecified atom stereocenters. The van der Waals surface area contributed by atoms with Crippen LogP contribution in [0.1, 0.15) is 74.9 Å². The molecule has 4 atom stereocenters. The third kappa shape index (κ3) is 6.71. The van der Waals surface area contributed by atoms with Crippen LogP contribution in [0, 0.1) is 0 Å². The van der Waals surface area contributed by atoms with Gasteiger partial charge in [0, 0.05) is 56.0 Å². The van der Waals surface area contributed by atoms with E-state index in [2.05, 4.69) is 32.9 Å². The van der Waals surface area contributed by atoms with E-state index in [1.807, 2.05) is 49.3 Å². The molecular weight excluding hydrogens is 550 g/mol. The van der Waals surface area contributed by atoms with Crippen molar-refractivity contribution in [2.45, 2.75) is 63.8 Å². The first-order valence-corrected chi connectivity index (χ1v) is 13.9. The minimum atomic E-state index is -0.418. The van der Waals surface area contributed by atoms with Gasteiger partial charge in [0.15, 0.2) is 0 Å². The standard InChI is InChI=1S/C28H30Cl4N4O/c1-3-5-25(35-13-11-33-17-35)27(21-9-7-19(29)15-23(21)31)37-28(22-10-8-20(30)16-24(22)32)26(6-4-2)36-14-12-34-18-36/h7-18,25-28H,3-6H2,1-2H3. The second kappa shape index (κ2) is 13.2. The Morgan fingerprint density at radius 1 is 0.703 bits per heavy atom. The van der Waals surface area contributed by atoms with Crippen molar-refractivity contribution in [2.75, 3.05) is 0 Å². The number of halogens is 4. The van der Waals surface area contributed by atoms with E-state index in [0.29, 0.717) is 20.1 Å². The topological polar surface area (TPSA) is 44.9 Å². The summed E-state index contributed by atoms with van der Waals surface area (Å²) < 4.78 is 11.4. The van der Waals surface area contributed by atoms with Gasteiger partial charge in [0.05, 0.1) is 24.7 Å². The summed E-state index contributed by atoms with van der Waals surface area (Å²) in [5.74, 6) is 0. The highest BCUT2D eigenvalue weighted by molar-refractivity contribution is 6.35. The van der Waals surface area contributed by atoms with Crippen LogP contribution in [0.2, 0.25) is 20.1 Å². The first kappa shape index (κ1) is 28.0. The van der Waals surface area contributed by atoms with Crippen molar-refractivity contribution < 1.29 is 4.74 Å². The molecule has 0 aliphatic heterocycles.